The summed E-state index contributed by atoms with van der Waals surface area (Å²) in [6.45, 7) is 1.97. The maximum Gasteiger partial charge on any atom is 0.261 e. The number of amides is 1. The fourth-order valence-corrected chi connectivity index (χ4v) is 5.77. The maximum atomic E-state index is 12.9. The average molecular weight is 474 g/mol. The number of carbonyl (C=O) groups excluding carboxylic acids is 1. The molecule has 1 atom stereocenters. The number of para-hydroxylation sites is 1. The Morgan fingerprint density at radius 2 is 1.87 bits per heavy atom. The Morgan fingerprint density at radius 1 is 1.16 bits per heavy atom. The van der Waals surface area contributed by atoms with Gasteiger partial charge in [0.05, 0.1) is 4.88 Å². The molecule has 1 amide bonds. The minimum absolute atomic E-state index is 0.0329. The fraction of sp³-hybridized carbons (Fsp3) is 0.136. The van der Waals surface area contributed by atoms with Crippen LogP contribution >= 0.6 is 22.9 Å². The lowest BCUT2D eigenvalue weighted by atomic mass is 9.90. The van der Waals surface area contributed by atoms with Crippen LogP contribution in [0.4, 0.5) is 0 Å². The van der Waals surface area contributed by atoms with E-state index in [0.29, 0.717) is 15.5 Å². The molecule has 2 aromatic carbocycles. The number of thiophene rings is 1. The van der Waals surface area contributed by atoms with Crippen molar-refractivity contribution in [1.29, 1.82) is 0 Å². The van der Waals surface area contributed by atoms with E-state index in [0.717, 1.165) is 33.4 Å². The third-order valence-electron chi connectivity index (χ3n) is 5.13. The second-order valence-electron chi connectivity index (χ2n) is 7.20. The quantitative estimate of drug-likeness (QED) is 0.386. The van der Waals surface area contributed by atoms with E-state index in [2.05, 4.69) is 10.3 Å². The lowest BCUT2D eigenvalue weighted by Crippen LogP contribution is -2.28. The molecule has 0 aliphatic rings. The van der Waals surface area contributed by atoms with Crippen molar-refractivity contribution in [3.8, 4) is 0 Å². The van der Waals surface area contributed by atoms with Gasteiger partial charge in [-0.25, -0.2) is 13.6 Å². The number of nitrogens with two attached hydrogens (primary N) is 1. The first kappa shape index (κ1) is 21.6. The number of hydrogen-bond acceptors (Lipinski definition) is 4. The summed E-state index contributed by atoms with van der Waals surface area (Å²) in [7, 11) is -3.86. The van der Waals surface area contributed by atoms with Crippen LogP contribution in [0.5, 0.6) is 0 Å². The normalized spacial score (nSPS) is 12.7. The number of H-pyrrole nitrogens is 1. The highest BCUT2D eigenvalue weighted by molar-refractivity contribution is 7.91. The number of aromatic amines is 1. The van der Waals surface area contributed by atoms with Gasteiger partial charge >= 0.3 is 0 Å². The van der Waals surface area contributed by atoms with Gasteiger partial charge in [0.25, 0.3) is 5.91 Å². The maximum absolute atomic E-state index is 12.9. The van der Waals surface area contributed by atoms with Crippen molar-refractivity contribution in [3.05, 3.63) is 87.4 Å². The molecule has 0 saturated heterocycles. The van der Waals surface area contributed by atoms with Crippen molar-refractivity contribution in [2.24, 2.45) is 5.14 Å². The number of halogens is 1. The molecule has 2 heterocycles. The number of carbonyl (C=O) groups is 1. The van der Waals surface area contributed by atoms with Gasteiger partial charge in [0.1, 0.15) is 4.21 Å². The summed E-state index contributed by atoms with van der Waals surface area (Å²) >= 11 is 7.36. The Hall–Kier alpha value is -2.65. The van der Waals surface area contributed by atoms with Crippen molar-refractivity contribution in [2.45, 2.75) is 17.1 Å². The van der Waals surface area contributed by atoms with Crippen molar-refractivity contribution in [1.82, 2.24) is 10.3 Å². The number of benzene rings is 2. The fourth-order valence-electron chi connectivity index (χ4n) is 3.62. The second-order valence-corrected chi connectivity index (χ2v) is 10.4. The van der Waals surface area contributed by atoms with E-state index in [1.165, 1.54) is 6.07 Å². The molecule has 0 bridgehead atoms. The highest BCUT2D eigenvalue weighted by Crippen LogP contribution is 2.34. The van der Waals surface area contributed by atoms with Crippen LogP contribution in [0.15, 0.2) is 65.0 Å². The molecule has 0 radical (unpaired) electrons. The summed E-state index contributed by atoms with van der Waals surface area (Å²) in [6.07, 6.45) is 1.93. The summed E-state index contributed by atoms with van der Waals surface area (Å²) in [5.74, 6) is -0.555. The number of nitrogens with one attached hydrogen (secondary N) is 2. The SMILES string of the molecule is Cc1cc(S(N)(=O)=O)sc1C(=O)NCC(c1ccccc1Cl)c1c[nH]c2ccccc12. The van der Waals surface area contributed by atoms with Gasteiger partial charge in [-0.2, -0.15) is 0 Å². The van der Waals surface area contributed by atoms with Gasteiger partial charge in [-0.05, 0) is 41.8 Å². The molecule has 0 aliphatic heterocycles. The Labute approximate surface area is 189 Å². The van der Waals surface area contributed by atoms with Crippen molar-refractivity contribution < 1.29 is 13.2 Å². The first-order chi connectivity index (χ1) is 14.8. The lowest BCUT2D eigenvalue weighted by molar-refractivity contribution is 0.0956. The zero-order valence-corrected chi connectivity index (χ0v) is 18.9. The molecule has 0 spiro atoms. The molecule has 1 unspecified atom stereocenters. The smallest absolute Gasteiger partial charge is 0.261 e. The first-order valence-electron chi connectivity index (χ1n) is 9.47. The topological polar surface area (TPSA) is 105 Å². The Balaban J connectivity index is 1.67. The summed E-state index contributed by atoms with van der Waals surface area (Å²) in [5.41, 5.74) is 3.46. The molecule has 6 nitrogen and oxygen atoms in total. The van der Waals surface area contributed by atoms with Gasteiger partial charge in [0, 0.05) is 34.6 Å². The minimum atomic E-state index is -3.86. The monoisotopic (exact) mass is 473 g/mol. The lowest BCUT2D eigenvalue weighted by Gasteiger charge is -2.19. The number of fused-ring (bicyclic) bond motifs is 1. The van der Waals surface area contributed by atoms with E-state index in [-0.39, 0.29) is 22.6 Å². The van der Waals surface area contributed by atoms with E-state index in [4.69, 9.17) is 16.7 Å². The largest absolute Gasteiger partial charge is 0.361 e. The van der Waals surface area contributed by atoms with Crippen LogP contribution in [0, 0.1) is 6.92 Å². The van der Waals surface area contributed by atoms with Crippen molar-refractivity contribution in [3.63, 3.8) is 0 Å². The molecule has 31 heavy (non-hydrogen) atoms. The van der Waals surface area contributed by atoms with Crippen LogP contribution in [0.1, 0.15) is 32.3 Å². The third-order valence-corrected chi connectivity index (χ3v) is 8.13. The van der Waals surface area contributed by atoms with E-state index in [1.54, 1.807) is 6.92 Å². The minimum Gasteiger partial charge on any atom is -0.361 e. The summed E-state index contributed by atoms with van der Waals surface area (Å²) < 4.78 is 23.2. The molecule has 4 N–H and O–H groups in total. The molecule has 2 aromatic heterocycles. The van der Waals surface area contributed by atoms with Crippen LogP contribution in [0.3, 0.4) is 0 Å². The number of aryl methyl sites for hydroxylation is 1. The zero-order valence-electron chi connectivity index (χ0n) is 16.6. The predicted molar refractivity (Wildman–Crippen MR) is 124 cm³/mol. The summed E-state index contributed by atoms with van der Waals surface area (Å²) in [6, 6.07) is 16.9. The zero-order chi connectivity index (χ0) is 22.2. The molecular formula is C22H20ClN3O3S2. The highest BCUT2D eigenvalue weighted by Gasteiger charge is 2.23. The molecule has 9 heteroatoms. The number of aromatic nitrogens is 1. The van der Waals surface area contributed by atoms with Crippen LogP contribution in [0.2, 0.25) is 5.02 Å². The van der Waals surface area contributed by atoms with Crippen molar-refractivity contribution >= 4 is 49.8 Å². The van der Waals surface area contributed by atoms with Gasteiger partial charge in [0.2, 0.25) is 10.0 Å². The second kappa shape index (κ2) is 8.47. The standard InChI is InChI=1S/C22H20ClN3O3S2/c1-13-10-20(31(24,28)29)30-21(13)22(27)26-12-16(14-6-2-4-8-18(14)23)17-11-25-19-9-5-3-7-15(17)19/h2-11,16,25H,12H2,1H3,(H,26,27)(H2,24,28,29). The summed E-state index contributed by atoms with van der Waals surface area (Å²) in [5, 5.41) is 9.80. The van der Waals surface area contributed by atoms with Crippen LogP contribution in [-0.2, 0) is 10.0 Å². The molecular weight excluding hydrogens is 454 g/mol. The van der Waals surface area contributed by atoms with E-state index in [1.807, 2.05) is 54.7 Å². The molecule has 0 fully saturated rings. The first-order valence-corrected chi connectivity index (χ1v) is 12.2. The number of hydrogen-bond donors (Lipinski definition) is 3. The number of sulfonamides is 1. The van der Waals surface area contributed by atoms with Gasteiger partial charge in [-0.15, -0.1) is 11.3 Å². The molecule has 160 valence electrons. The Morgan fingerprint density at radius 3 is 2.58 bits per heavy atom. The highest BCUT2D eigenvalue weighted by atomic mass is 35.5. The molecule has 0 saturated carbocycles. The van der Waals surface area contributed by atoms with E-state index < -0.39 is 10.0 Å². The molecule has 4 aromatic rings. The third kappa shape index (κ3) is 4.38. The molecule has 0 aliphatic carbocycles. The van der Waals surface area contributed by atoms with E-state index >= 15 is 0 Å². The van der Waals surface area contributed by atoms with Crippen molar-refractivity contribution in [2.75, 3.05) is 6.54 Å². The Kier molecular flexibility index (Phi) is 5.90. The predicted octanol–water partition coefficient (Wildman–Crippen LogP) is 4.40. The molecule has 4 rings (SSSR count). The van der Waals surface area contributed by atoms with Crippen LogP contribution < -0.4 is 10.5 Å². The Bertz CT molecular complexity index is 1380. The van der Waals surface area contributed by atoms with Crippen LogP contribution in [0.25, 0.3) is 10.9 Å². The van der Waals surface area contributed by atoms with Gasteiger partial charge < -0.3 is 10.3 Å². The summed E-state index contributed by atoms with van der Waals surface area (Å²) in [4.78, 5) is 16.5. The van der Waals surface area contributed by atoms with Gasteiger partial charge in [-0.3, -0.25) is 4.79 Å². The average Bonchev–Trinajstić information content (AvgIpc) is 3.33. The van der Waals surface area contributed by atoms with Gasteiger partial charge in [0.15, 0.2) is 0 Å². The van der Waals surface area contributed by atoms with E-state index in [9.17, 15) is 13.2 Å². The van der Waals surface area contributed by atoms with Gasteiger partial charge in [-0.1, -0.05) is 48.0 Å². The number of primary sulfonamides is 1. The van der Waals surface area contributed by atoms with Crippen LogP contribution in [-0.4, -0.2) is 25.9 Å². The number of rotatable bonds is 6.